The number of ether oxygens (including phenoxy) is 1. The van der Waals surface area contributed by atoms with Gasteiger partial charge in [0, 0.05) is 32.8 Å². The van der Waals surface area contributed by atoms with Crippen molar-refractivity contribution in [1.82, 2.24) is 14.9 Å². The Kier molecular flexibility index (Phi) is 9.23. The molecule has 1 spiro atoms. The van der Waals surface area contributed by atoms with Crippen molar-refractivity contribution in [1.29, 1.82) is 0 Å². The molecule has 0 radical (unpaired) electrons. The zero-order chi connectivity index (χ0) is 21.7. The third kappa shape index (κ3) is 6.36. The minimum Gasteiger partial charge on any atom is -0.377 e. The summed E-state index contributed by atoms with van der Waals surface area (Å²) in [5, 5.41) is 3.44. The maximum absolute atomic E-state index is 12.5. The lowest BCUT2D eigenvalue weighted by Crippen LogP contribution is -2.41. The maximum atomic E-state index is 12.5. The summed E-state index contributed by atoms with van der Waals surface area (Å²) >= 11 is 0. The number of nitrogens with one attached hydrogen (secondary N) is 2. The van der Waals surface area contributed by atoms with Crippen molar-refractivity contribution in [3.63, 3.8) is 0 Å². The second-order valence-electron chi connectivity index (χ2n) is 9.18. The Labute approximate surface area is 209 Å². The van der Waals surface area contributed by atoms with Crippen LogP contribution in [0.15, 0.2) is 34.2 Å². The molecule has 1 aromatic rings. The Bertz CT molecular complexity index is 864. The van der Waals surface area contributed by atoms with E-state index in [4.69, 9.17) is 9.73 Å². The number of halogens is 1. The van der Waals surface area contributed by atoms with Gasteiger partial charge in [0.1, 0.15) is 0 Å². The number of benzene rings is 1. The van der Waals surface area contributed by atoms with Gasteiger partial charge in [0.2, 0.25) is 10.0 Å². The highest BCUT2D eigenvalue weighted by Gasteiger charge is 2.41. The van der Waals surface area contributed by atoms with Crippen LogP contribution in [-0.4, -0.2) is 58.2 Å². The maximum Gasteiger partial charge on any atom is 0.240 e. The fourth-order valence-corrected chi connectivity index (χ4v) is 6.17. The SMILES string of the molecule is CCNC(=NCc1ccc(S(=O)(=O)NCC2CCCO2)cc1)N1CCC2(CCCC2)C1.I. The summed E-state index contributed by atoms with van der Waals surface area (Å²) in [6.07, 6.45) is 8.57. The topological polar surface area (TPSA) is 83.0 Å². The highest BCUT2D eigenvalue weighted by atomic mass is 127. The molecule has 1 atom stereocenters. The van der Waals surface area contributed by atoms with Crippen molar-refractivity contribution >= 4 is 40.0 Å². The average molecular weight is 577 g/mol. The summed E-state index contributed by atoms with van der Waals surface area (Å²) in [5.41, 5.74) is 1.51. The number of nitrogens with zero attached hydrogens (tertiary/aromatic N) is 2. The Morgan fingerprint density at radius 3 is 2.59 bits per heavy atom. The molecular formula is C23H37IN4O3S. The van der Waals surface area contributed by atoms with Crippen molar-refractivity contribution in [2.24, 2.45) is 10.4 Å². The van der Waals surface area contributed by atoms with E-state index in [1.807, 2.05) is 12.1 Å². The predicted molar refractivity (Wildman–Crippen MR) is 138 cm³/mol. The monoisotopic (exact) mass is 576 g/mol. The first-order chi connectivity index (χ1) is 15.0. The largest absolute Gasteiger partial charge is 0.377 e. The summed E-state index contributed by atoms with van der Waals surface area (Å²) in [6, 6.07) is 7.05. The number of hydrogen-bond donors (Lipinski definition) is 2. The smallest absolute Gasteiger partial charge is 0.240 e. The predicted octanol–water partition coefficient (Wildman–Crippen LogP) is 3.49. The second kappa shape index (κ2) is 11.5. The first kappa shape index (κ1) is 25.7. The molecule has 2 heterocycles. The zero-order valence-corrected chi connectivity index (χ0v) is 22.2. The molecule has 1 unspecified atom stereocenters. The van der Waals surface area contributed by atoms with Crippen LogP contribution in [0.5, 0.6) is 0 Å². The summed E-state index contributed by atoms with van der Waals surface area (Å²) in [5.74, 6) is 0.973. The summed E-state index contributed by atoms with van der Waals surface area (Å²) < 4.78 is 33.2. The summed E-state index contributed by atoms with van der Waals surface area (Å²) in [6.45, 7) is 6.70. The van der Waals surface area contributed by atoms with Crippen LogP contribution in [-0.2, 0) is 21.3 Å². The quantitative estimate of drug-likeness (QED) is 0.295. The minimum absolute atomic E-state index is 0. The van der Waals surface area contributed by atoms with Crippen molar-refractivity contribution in [3.8, 4) is 0 Å². The number of rotatable bonds is 7. The van der Waals surface area contributed by atoms with E-state index in [2.05, 4.69) is 21.9 Å². The Hall–Kier alpha value is -0.910. The van der Waals surface area contributed by atoms with Gasteiger partial charge in [-0.2, -0.15) is 0 Å². The Morgan fingerprint density at radius 1 is 1.19 bits per heavy atom. The molecule has 0 amide bonds. The normalized spacial score (nSPS) is 23.0. The molecule has 2 aliphatic heterocycles. The van der Waals surface area contributed by atoms with Gasteiger partial charge in [0.15, 0.2) is 5.96 Å². The lowest BCUT2D eigenvalue weighted by atomic mass is 9.86. The van der Waals surface area contributed by atoms with Crippen LogP contribution in [0.25, 0.3) is 0 Å². The number of sulfonamides is 1. The van der Waals surface area contributed by atoms with Crippen LogP contribution in [0, 0.1) is 5.41 Å². The molecule has 1 aromatic carbocycles. The molecule has 3 aliphatic rings. The van der Waals surface area contributed by atoms with Gasteiger partial charge in [-0.15, -0.1) is 24.0 Å². The minimum atomic E-state index is -3.52. The summed E-state index contributed by atoms with van der Waals surface area (Å²) in [4.78, 5) is 7.54. The van der Waals surface area contributed by atoms with Gasteiger partial charge >= 0.3 is 0 Å². The number of hydrogen-bond acceptors (Lipinski definition) is 4. The van der Waals surface area contributed by atoms with Gasteiger partial charge in [0.25, 0.3) is 0 Å². The fraction of sp³-hybridized carbons (Fsp3) is 0.696. The molecule has 2 saturated heterocycles. The standard InChI is InChI=1S/C23H36N4O3S.HI/c1-2-24-22(27-14-13-23(18-27)11-3-4-12-23)25-16-19-7-9-21(10-8-19)31(28,29)26-17-20-6-5-15-30-20;/h7-10,20,26H,2-6,11-18H2,1H3,(H,24,25);1H. The lowest BCUT2D eigenvalue weighted by molar-refractivity contribution is 0.114. The fourth-order valence-electron chi connectivity index (χ4n) is 5.11. The van der Waals surface area contributed by atoms with Gasteiger partial charge < -0.3 is 15.0 Å². The van der Waals surface area contributed by atoms with Crippen molar-refractivity contribution in [2.75, 3.05) is 32.8 Å². The second-order valence-corrected chi connectivity index (χ2v) is 10.9. The lowest BCUT2D eigenvalue weighted by Gasteiger charge is -2.26. The van der Waals surface area contributed by atoms with E-state index < -0.39 is 10.0 Å². The first-order valence-electron chi connectivity index (χ1n) is 11.7. The zero-order valence-electron chi connectivity index (χ0n) is 19.0. The Balaban J connectivity index is 0.00000289. The molecular weight excluding hydrogens is 539 g/mol. The van der Waals surface area contributed by atoms with Gasteiger partial charge in [-0.05, 0) is 62.1 Å². The van der Waals surface area contributed by atoms with Gasteiger partial charge in [-0.1, -0.05) is 25.0 Å². The van der Waals surface area contributed by atoms with E-state index in [1.165, 1.54) is 32.1 Å². The van der Waals surface area contributed by atoms with Crippen LogP contribution in [0.4, 0.5) is 0 Å². The van der Waals surface area contributed by atoms with Crippen LogP contribution < -0.4 is 10.0 Å². The van der Waals surface area contributed by atoms with Gasteiger partial charge in [0.05, 0.1) is 17.5 Å². The van der Waals surface area contributed by atoms with Gasteiger partial charge in [-0.25, -0.2) is 18.1 Å². The third-order valence-electron chi connectivity index (χ3n) is 6.91. The van der Waals surface area contributed by atoms with Gasteiger partial charge in [-0.3, -0.25) is 0 Å². The van der Waals surface area contributed by atoms with Crippen molar-refractivity contribution in [2.45, 2.75) is 69.4 Å². The number of aliphatic imine (C=N–C) groups is 1. The molecule has 1 aliphatic carbocycles. The molecule has 0 bridgehead atoms. The number of likely N-dealkylation sites (tertiary alicyclic amines) is 1. The van der Waals surface area contributed by atoms with Crippen LogP contribution in [0.2, 0.25) is 0 Å². The van der Waals surface area contributed by atoms with Crippen LogP contribution >= 0.6 is 24.0 Å². The average Bonchev–Trinajstić information content (AvgIpc) is 3.54. The van der Waals surface area contributed by atoms with E-state index in [1.54, 1.807) is 12.1 Å². The van der Waals surface area contributed by atoms with E-state index in [9.17, 15) is 8.42 Å². The Morgan fingerprint density at radius 2 is 1.94 bits per heavy atom. The molecule has 7 nitrogen and oxygen atoms in total. The molecule has 1 saturated carbocycles. The van der Waals surface area contributed by atoms with E-state index >= 15 is 0 Å². The molecule has 180 valence electrons. The van der Waals surface area contributed by atoms with Crippen LogP contribution in [0.1, 0.15) is 57.4 Å². The summed E-state index contributed by atoms with van der Waals surface area (Å²) in [7, 11) is -3.52. The molecule has 0 aromatic heterocycles. The molecule has 2 N–H and O–H groups in total. The van der Waals surface area contributed by atoms with E-state index in [0.717, 1.165) is 50.6 Å². The molecule has 4 rings (SSSR count). The third-order valence-corrected chi connectivity index (χ3v) is 8.35. The van der Waals surface area contributed by atoms with E-state index in [-0.39, 0.29) is 35.0 Å². The molecule has 32 heavy (non-hydrogen) atoms. The van der Waals surface area contributed by atoms with Crippen LogP contribution in [0.3, 0.4) is 0 Å². The number of guanidine groups is 1. The molecule has 3 fully saturated rings. The van der Waals surface area contributed by atoms with E-state index in [0.29, 0.717) is 18.5 Å². The van der Waals surface area contributed by atoms with Crippen molar-refractivity contribution < 1.29 is 13.2 Å². The first-order valence-corrected chi connectivity index (χ1v) is 13.2. The molecule has 9 heteroatoms. The highest BCUT2D eigenvalue weighted by Crippen LogP contribution is 2.45. The highest BCUT2D eigenvalue weighted by molar-refractivity contribution is 14.0. The van der Waals surface area contributed by atoms with Crippen molar-refractivity contribution in [3.05, 3.63) is 29.8 Å².